The van der Waals surface area contributed by atoms with Crippen molar-refractivity contribution in [3.63, 3.8) is 0 Å². The third kappa shape index (κ3) is 6.38. The molecular weight excluding hydrogens is 354 g/mol. The number of carboxylic acid groups (broad SMARTS) is 2. The molecule has 0 unspecified atom stereocenters. The molecule has 0 saturated heterocycles. The minimum atomic E-state index is -0.995. The Hall–Kier alpha value is -2.40. The second-order valence-electron chi connectivity index (χ2n) is 4.30. The molecule has 9 nitrogen and oxygen atoms in total. The van der Waals surface area contributed by atoms with Crippen LogP contribution >= 0.6 is 23.5 Å². The molecule has 3 N–H and O–H groups in total. The molecule has 2 rings (SSSR count). The minimum absolute atomic E-state index is 0.199. The molecule has 0 radical (unpaired) electrons. The summed E-state index contributed by atoms with van der Waals surface area (Å²) in [6.45, 7) is 0.421. The predicted molar refractivity (Wildman–Crippen MR) is 88.1 cm³/mol. The summed E-state index contributed by atoms with van der Waals surface area (Å²) in [7, 11) is 0. The van der Waals surface area contributed by atoms with Crippen molar-refractivity contribution in [2.75, 3.05) is 16.8 Å². The number of aliphatic carboxylic acids is 2. The van der Waals surface area contributed by atoms with Crippen molar-refractivity contribution in [2.45, 2.75) is 16.9 Å². The number of carbonyl (C=O) groups is 2. The molecular formula is C13H13N5O4S2. The first kappa shape index (κ1) is 17.9. The highest BCUT2D eigenvalue weighted by molar-refractivity contribution is 8.00. The van der Waals surface area contributed by atoms with Gasteiger partial charge < -0.3 is 15.5 Å². The van der Waals surface area contributed by atoms with E-state index in [-0.39, 0.29) is 27.8 Å². The zero-order valence-corrected chi connectivity index (χ0v) is 13.9. The monoisotopic (exact) mass is 367 g/mol. The lowest BCUT2D eigenvalue weighted by Crippen LogP contribution is -2.08. The van der Waals surface area contributed by atoms with Gasteiger partial charge in [0.2, 0.25) is 5.95 Å². The van der Waals surface area contributed by atoms with Crippen LogP contribution in [0.25, 0.3) is 0 Å². The van der Waals surface area contributed by atoms with Gasteiger partial charge in [-0.25, -0.2) is 0 Å². The Kier molecular flexibility index (Phi) is 6.75. The number of anilines is 1. The highest BCUT2D eigenvalue weighted by Gasteiger charge is 2.11. The summed E-state index contributed by atoms with van der Waals surface area (Å²) in [5.74, 6) is -2.14. The van der Waals surface area contributed by atoms with Crippen molar-refractivity contribution in [2.24, 2.45) is 0 Å². The Bertz CT molecular complexity index is 681. The lowest BCUT2D eigenvalue weighted by Gasteiger charge is -2.07. The highest BCUT2D eigenvalue weighted by atomic mass is 32.2. The molecule has 2 heterocycles. The second kappa shape index (κ2) is 9.03. The van der Waals surface area contributed by atoms with Crippen LogP contribution in [0.5, 0.6) is 0 Å². The molecule has 0 aromatic carbocycles. The quantitative estimate of drug-likeness (QED) is 0.551. The standard InChI is InChI=1S/C13H13N5O4S2/c19-9(20)6-23-12-16-11(15-5-8-2-1-3-14-4-8)17-13(18-12)24-7-10(21)22/h1-4H,5-7H2,(H,19,20)(H,21,22)(H,15,16,17,18). The van der Waals surface area contributed by atoms with E-state index in [1.807, 2.05) is 6.07 Å². The van der Waals surface area contributed by atoms with Crippen molar-refractivity contribution in [1.29, 1.82) is 0 Å². The van der Waals surface area contributed by atoms with Crippen LogP contribution in [0.3, 0.4) is 0 Å². The number of nitrogens with one attached hydrogen (secondary N) is 1. The molecule has 0 aliphatic carbocycles. The smallest absolute Gasteiger partial charge is 0.313 e. The van der Waals surface area contributed by atoms with Crippen molar-refractivity contribution in [3.05, 3.63) is 30.1 Å². The van der Waals surface area contributed by atoms with Crippen LogP contribution in [0.4, 0.5) is 5.95 Å². The fourth-order valence-electron chi connectivity index (χ4n) is 1.48. The number of nitrogens with zero attached hydrogens (tertiary/aromatic N) is 4. The van der Waals surface area contributed by atoms with Gasteiger partial charge >= 0.3 is 11.9 Å². The Labute approximate surface area is 145 Å². The van der Waals surface area contributed by atoms with Gasteiger partial charge in [0.25, 0.3) is 0 Å². The molecule has 0 saturated carbocycles. The maximum Gasteiger partial charge on any atom is 0.313 e. The number of pyridine rings is 1. The average molecular weight is 367 g/mol. The Balaban J connectivity index is 2.11. The van der Waals surface area contributed by atoms with E-state index in [9.17, 15) is 9.59 Å². The van der Waals surface area contributed by atoms with E-state index in [0.717, 1.165) is 29.1 Å². The van der Waals surface area contributed by atoms with Crippen LogP contribution in [-0.2, 0) is 16.1 Å². The van der Waals surface area contributed by atoms with E-state index in [4.69, 9.17) is 10.2 Å². The third-order valence-electron chi connectivity index (χ3n) is 2.42. The van der Waals surface area contributed by atoms with Crippen LogP contribution in [0.1, 0.15) is 5.56 Å². The van der Waals surface area contributed by atoms with Gasteiger partial charge in [-0.2, -0.15) is 15.0 Å². The van der Waals surface area contributed by atoms with Crippen LogP contribution < -0.4 is 5.32 Å². The SMILES string of the molecule is O=C(O)CSc1nc(NCc2cccnc2)nc(SCC(=O)O)n1. The summed E-state index contributed by atoms with van der Waals surface area (Å²) >= 11 is 1.88. The Morgan fingerprint density at radius 1 is 1.04 bits per heavy atom. The average Bonchev–Trinajstić information content (AvgIpc) is 2.57. The molecule has 0 amide bonds. The number of aromatic nitrogens is 4. The number of hydrogen-bond donors (Lipinski definition) is 3. The zero-order chi connectivity index (χ0) is 17.4. The molecule has 11 heteroatoms. The first-order chi connectivity index (χ1) is 11.5. The summed E-state index contributed by atoms with van der Waals surface area (Å²) < 4.78 is 0. The molecule has 0 atom stereocenters. The number of hydrogen-bond acceptors (Lipinski definition) is 9. The van der Waals surface area contributed by atoms with Gasteiger partial charge in [0, 0.05) is 18.9 Å². The van der Waals surface area contributed by atoms with E-state index in [2.05, 4.69) is 25.3 Å². The maximum absolute atomic E-state index is 10.7. The van der Waals surface area contributed by atoms with Gasteiger partial charge in [0.1, 0.15) is 0 Å². The van der Waals surface area contributed by atoms with Crippen LogP contribution in [0.2, 0.25) is 0 Å². The first-order valence-corrected chi connectivity index (χ1v) is 8.58. The van der Waals surface area contributed by atoms with Crippen molar-refractivity contribution < 1.29 is 19.8 Å². The predicted octanol–water partition coefficient (Wildman–Crippen LogP) is 1.23. The molecule has 2 aromatic rings. The Morgan fingerprint density at radius 2 is 1.67 bits per heavy atom. The molecule has 0 fully saturated rings. The van der Waals surface area contributed by atoms with Gasteiger partial charge in [-0.3, -0.25) is 14.6 Å². The third-order valence-corrected chi connectivity index (χ3v) is 4.08. The van der Waals surface area contributed by atoms with Crippen molar-refractivity contribution in [3.8, 4) is 0 Å². The largest absolute Gasteiger partial charge is 0.481 e. The van der Waals surface area contributed by atoms with Crippen LogP contribution in [-0.4, -0.2) is 53.6 Å². The summed E-state index contributed by atoms with van der Waals surface area (Å²) in [4.78, 5) is 37.7. The van der Waals surface area contributed by atoms with Crippen molar-refractivity contribution in [1.82, 2.24) is 19.9 Å². The summed E-state index contributed by atoms with van der Waals surface area (Å²) in [6, 6.07) is 3.67. The number of carboxylic acids is 2. The van der Waals surface area contributed by atoms with E-state index < -0.39 is 11.9 Å². The zero-order valence-electron chi connectivity index (χ0n) is 12.2. The number of thioether (sulfide) groups is 2. The van der Waals surface area contributed by atoms with E-state index in [1.54, 1.807) is 18.5 Å². The van der Waals surface area contributed by atoms with Gasteiger partial charge in [-0.05, 0) is 11.6 Å². The number of rotatable bonds is 9. The lowest BCUT2D eigenvalue weighted by molar-refractivity contribution is -0.134. The van der Waals surface area contributed by atoms with Crippen LogP contribution in [0.15, 0.2) is 34.8 Å². The fraction of sp³-hybridized carbons (Fsp3) is 0.231. The van der Waals surface area contributed by atoms with E-state index in [0.29, 0.717) is 6.54 Å². The van der Waals surface area contributed by atoms with Crippen LogP contribution in [0, 0.1) is 0 Å². The molecule has 0 aliphatic rings. The normalized spacial score (nSPS) is 10.3. The van der Waals surface area contributed by atoms with Gasteiger partial charge in [-0.1, -0.05) is 29.6 Å². The molecule has 0 bridgehead atoms. The molecule has 0 spiro atoms. The topological polar surface area (TPSA) is 138 Å². The lowest BCUT2D eigenvalue weighted by atomic mass is 10.3. The summed E-state index contributed by atoms with van der Waals surface area (Å²) in [6.07, 6.45) is 3.35. The van der Waals surface area contributed by atoms with E-state index in [1.165, 1.54) is 0 Å². The fourth-order valence-corrected chi connectivity index (χ4v) is 2.65. The Morgan fingerprint density at radius 3 is 2.17 bits per heavy atom. The highest BCUT2D eigenvalue weighted by Crippen LogP contribution is 2.20. The molecule has 0 aliphatic heterocycles. The molecule has 24 heavy (non-hydrogen) atoms. The second-order valence-corrected chi connectivity index (χ2v) is 6.19. The van der Waals surface area contributed by atoms with Crippen molar-refractivity contribution >= 4 is 41.4 Å². The van der Waals surface area contributed by atoms with Gasteiger partial charge in [-0.15, -0.1) is 0 Å². The summed E-state index contributed by atoms with van der Waals surface area (Å²) in [5.41, 5.74) is 0.914. The maximum atomic E-state index is 10.7. The molecule has 126 valence electrons. The van der Waals surface area contributed by atoms with Gasteiger partial charge in [0.05, 0.1) is 11.5 Å². The minimum Gasteiger partial charge on any atom is -0.481 e. The summed E-state index contributed by atoms with van der Waals surface area (Å²) in [5, 5.41) is 20.9. The van der Waals surface area contributed by atoms with E-state index >= 15 is 0 Å². The first-order valence-electron chi connectivity index (χ1n) is 6.61. The molecule has 2 aromatic heterocycles. The van der Waals surface area contributed by atoms with Gasteiger partial charge in [0.15, 0.2) is 10.3 Å².